The molecule has 2 aromatic heterocycles. The SMILES string of the molecule is CCc1c(F)ccc2cc(O)cc(-c3ncc4c(N5CCC[C@]6(CCO6)C5)nc(OCC5(CN(C)CC6COC6)CC5)nc4c3F)c12. The number of fused-ring (bicyclic) bond motifs is 2. The van der Waals surface area contributed by atoms with E-state index in [0.717, 1.165) is 71.6 Å². The van der Waals surface area contributed by atoms with E-state index in [2.05, 4.69) is 26.8 Å². The molecule has 8 rings (SSSR count). The van der Waals surface area contributed by atoms with Gasteiger partial charge in [0.2, 0.25) is 0 Å². The average Bonchev–Trinajstić information content (AvgIpc) is 3.80. The van der Waals surface area contributed by atoms with Crippen LogP contribution in [-0.4, -0.2) is 90.2 Å². The number of ether oxygens (including phenoxy) is 3. The van der Waals surface area contributed by atoms with Crippen LogP contribution in [0, 0.1) is 23.0 Å². The van der Waals surface area contributed by atoms with E-state index in [1.54, 1.807) is 18.3 Å². The van der Waals surface area contributed by atoms with Crippen molar-refractivity contribution in [3.8, 4) is 23.0 Å². The number of halogens is 2. The summed E-state index contributed by atoms with van der Waals surface area (Å²) in [6.07, 6.45) is 6.98. The summed E-state index contributed by atoms with van der Waals surface area (Å²) < 4.78 is 49.6. The maximum absolute atomic E-state index is 16.9. The van der Waals surface area contributed by atoms with Crippen molar-refractivity contribution in [1.82, 2.24) is 19.9 Å². The Hall–Kier alpha value is -3.67. The van der Waals surface area contributed by atoms with Crippen molar-refractivity contribution >= 4 is 27.5 Å². The minimum absolute atomic E-state index is 0.00740. The number of phenols is 1. The number of aryl methyl sites for hydroxylation is 1. The van der Waals surface area contributed by atoms with Crippen molar-refractivity contribution < 1.29 is 28.1 Å². The Morgan fingerprint density at radius 1 is 1.13 bits per heavy atom. The van der Waals surface area contributed by atoms with Gasteiger partial charge in [0.1, 0.15) is 28.6 Å². The molecule has 4 fully saturated rings. The lowest BCUT2D eigenvalue weighted by molar-refractivity contribution is -0.151. The number of anilines is 1. The molecule has 1 saturated carbocycles. The van der Waals surface area contributed by atoms with Crippen molar-refractivity contribution in [2.45, 2.75) is 51.0 Å². The fraction of sp³-hybridized carbons (Fsp3) is 0.528. The maximum atomic E-state index is 16.9. The summed E-state index contributed by atoms with van der Waals surface area (Å²) in [5.41, 5.74) is 0.631. The third-order valence-electron chi connectivity index (χ3n) is 10.6. The number of nitrogens with zero attached hydrogens (tertiary/aromatic N) is 5. The molecule has 5 heterocycles. The van der Waals surface area contributed by atoms with Gasteiger partial charge >= 0.3 is 6.01 Å². The van der Waals surface area contributed by atoms with Crippen LogP contribution in [-0.2, 0) is 15.9 Å². The number of aromatic nitrogens is 3. The second-order valence-corrected chi connectivity index (χ2v) is 14.2. The summed E-state index contributed by atoms with van der Waals surface area (Å²) in [6, 6.07) is 6.10. The lowest BCUT2D eigenvalue weighted by Crippen LogP contribution is -2.56. The van der Waals surface area contributed by atoms with Gasteiger partial charge < -0.3 is 29.1 Å². The molecule has 248 valence electrons. The second kappa shape index (κ2) is 11.8. The molecule has 0 radical (unpaired) electrons. The van der Waals surface area contributed by atoms with Crippen LogP contribution in [0.3, 0.4) is 0 Å². The van der Waals surface area contributed by atoms with Crippen LogP contribution in [0.2, 0.25) is 0 Å². The normalized spacial score (nSPS) is 22.2. The Morgan fingerprint density at radius 2 is 1.96 bits per heavy atom. The molecule has 11 heteroatoms. The molecule has 0 bridgehead atoms. The van der Waals surface area contributed by atoms with E-state index in [1.807, 2.05) is 6.92 Å². The lowest BCUT2D eigenvalue weighted by Gasteiger charge is -2.48. The Labute approximate surface area is 272 Å². The number of phenolic OH excluding ortho intramolecular Hbond substituents is 1. The number of pyridine rings is 1. The van der Waals surface area contributed by atoms with Gasteiger partial charge in [-0.2, -0.15) is 9.97 Å². The molecule has 1 atom stereocenters. The standard InChI is InChI=1S/C36H41F2N5O4/c1-3-25-28(37)6-5-23-13-24(44)14-26(29(23)25)31-30(38)32-27(15-39-31)33(43-11-4-7-36(20-43)10-12-47-36)41-34(40-32)46-21-35(8-9-35)19-42(2)16-22-17-45-18-22/h5-6,13-15,22,44H,3-4,7-12,16-21H2,1-2H3/t36-/m0/s1. The molecule has 0 amide bonds. The number of hydrogen-bond acceptors (Lipinski definition) is 9. The van der Waals surface area contributed by atoms with Crippen LogP contribution < -0.4 is 9.64 Å². The third-order valence-corrected chi connectivity index (χ3v) is 10.6. The number of rotatable bonds is 10. The first kappa shape index (κ1) is 30.7. The summed E-state index contributed by atoms with van der Waals surface area (Å²) in [5, 5.41) is 12.2. The summed E-state index contributed by atoms with van der Waals surface area (Å²) in [4.78, 5) is 18.6. The number of hydrogen-bond donors (Lipinski definition) is 1. The van der Waals surface area contributed by atoms with Crippen molar-refractivity contribution in [2.75, 3.05) is 64.6 Å². The second-order valence-electron chi connectivity index (χ2n) is 14.2. The van der Waals surface area contributed by atoms with Crippen LogP contribution >= 0.6 is 0 Å². The van der Waals surface area contributed by atoms with Gasteiger partial charge in [-0.1, -0.05) is 13.0 Å². The molecular weight excluding hydrogens is 604 g/mol. The van der Waals surface area contributed by atoms with E-state index in [-0.39, 0.29) is 39.8 Å². The fourth-order valence-corrected chi connectivity index (χ4v) is 7.75. The first-order valence-corrected chi connectivity index (χ1v) is 16.8. The first-order valence-electron chi connectivity index (χ1n) is 16.8. The Balaban J connectivity index is 1.19. The van der Waals surface area contributed by atoms with E-state index < -0.39 is 5.82 Å². The minimum atomic E-state index is -0.663. The molecule has 2 aromatic carbocycles. The number of piperidine rings is 1. The van der Waals surface area contributed by atoms with Gasteiger partial charge in [-0.15, -0.1) is 0 Å². The van der Waals surface area contributed by atoms with Crippen molar-refractivity contribution in [1.29, 1.82) is 0 Å². The number of benzene rings is 2. The Bertz CT molecular complexity index is 1840. The molecule has 47 heavy (non-hydrogen) atoms. The summed E-state index contributed by atoms with van der Waals surface area (Å²) >= 11 is 0. The maximum Gasteiger partial charge on any atom is 0.319 e. The summed E-state index contributed by atoms with van der Waals surface area (Å²) in [7, 11) is 2.14. The molecular formula is C36H41F2N5O4. The highest BCUT2D eigenvalue weighted by Gasteiger charge is 2.45. The van der Waals surface area contributed by atoms with Gasteiger partial charge in [-0.05, 0) is 73.7 Å². The largest absolute Gasteiger partial charge is 0.508 e. The predicted molar refractivity (Wildman–Crippen MR) is 175 cm³/mol. The Kier molecular flexibility index (Phi) is 7.69. The highest BCUT2D eigenvalue weighted by molar-refractivity contribution is 6.01. The van der Waals surface area contributed by atoms with Crippen LogP contribution in [0.1, 0.15) is 44.6 Å². The molecule has 3 saturated heterocycles. The van der Waals surface area contributed by atoms with Crippen LogP contribution in [0.4, 0.5) is 14.6 Å². The zero-order valence-corrected chi connectivity index (χ0v) is 27.0. The van der Waals surface area contributed by atoms with E-state index in [9.17, 15) is 9.50 Å². The van der Waals surface area contributed by atoms with Gasteiger partial charge in [-0.25, -0.2) is 8.78 Å². The Morgan fingerprint density at radius 3 is 2.66 bits per heavy atom. The topological polar surface area (TPSA) is 93.1 Å². The smallest absolute Gasteiger partial charge is 0.319 e. The average molecular weight is 646 g/mol. The zero-order valence-electron chi connectivity index (χ0n) is 27.0. The van der Waals surface area contributed by atoms with Crippen LogP contribution in [0.15, 0.2) is 30.5 Å². The van der Waals surface area contributed by atoms with Gasteiger partial charge in [-0.3, -0.25) is 4.98 Å². The van der Waals surface area contributed by atoms with Gasteiger partial charge in [0.05, 0.1) is 37.4 Å². The minimum Gasteiger partial charge on any atom is -0.508 e. The quantitative estimate of drug-likeness (QED) is 0.227. The molecule has 1 aliphatic carbocycles. The van der Waals surface area contributed by atoms with Gasteiger partial charge in [0, 0.05) is 55.7 Å². The van der Waals surface area contributed by atoms with Gasteiger partial charge in [0.15, 0.2) is 5.82 Å². The number of aromatic hydroxyl groups is 1. The first-order chi connectivity index (χ1) is 22.8. The molecule has 4 aromatic rings. The fourth-order valence-electron chi connectivity index (χ4n) is 7.75. The predicted octanol–water partition coefficient (Wildman–Crippen LogP) is 5.89. The molecule has 9 nitrogen and oxygen atoms in total. The van der Waals surface area contributed by atoms with E-state index >= 15 is 4.39 Å². The van der Waals surface area contributed by atoms with Crippen molar-refractivity contribution in [3.63, 3.8) is 0 Å². The molecule has 4 aliphatic rings. The van der Waals surface area contributed by atoms with E-state index in [1.165, 1.54) is 12.1 Å². The molecule has 1 N–H and O–H groups in total. The van der Waals surface area contributed by atoms with Crippen LogP contribution in [0.25, 0.3) is 32.9 Å². The van der Waals surface area contributed by atoms with Crippen molar-refractivity contribution in [3.05, 3.63) is 47.7 Å². The lowest BCUT2D eigenvalue weighted by atomic mass is 9.86. The summed E-state index contributed by atoms with van der Waals surface area (Å²) in [6.45, 7) is 7.96. The highest BCUT2D eigenvalue weighted by atomic mass is 19.1. The van der Waals surface area contributed by atoms with E-state index in [4.69, 9.17) is 19.2 Å². The third kappa shape index (κ3) is 5.66. The summed E-state index contributed by atoms with van der Waals surface area (Å²) in [5.74, 6) is 0.0507. The van der Waals surface area contributed by atoms with Gasteiger partial charge in [0.25, 0.3) is 0 Å². The zero-order chi connectivity index (χ0) is 32.3. The highest BCUT2D eigenvalue weighted by Crippen LogP contribution is 2.47. The molecule has 0 unspecified atom stereocenters. The van der Waals surface area contributed by atoms with Crippen LogP contribution in [0.5, 0.6) is 11.8 Å². The monoisotopic (exact) mass is 645 g/mol. The molecule has 3 aliphatic heterocycles. The molecule has 1 spiro atoms. The van der Waals surface area contributed by atoms with Crippen molar-refractivity contribution in [2.24, 2.45) is 11.3 Å². The van der Waals surface area contributed by atoms with E-state index in [0.29, 0.717) is 58.6 Å².